The Bertz CT molecular complexity index is 232. The van der Waals surface area contributed by atoms with E-state index in [1.54, 1.807) is 24.3 Å². The van der Waals surface area contributed by atoms with Gasteiger partial charge >= 0.3 is 0 Å². The number of hydrogen-bond donors (Lipinski definition) is 2. The second-order valence-electron chi connectivity index (χ2n) is 4.03. The first-order valence-electron chi connectivity index (χ1n) is 6.09. The molecule has 0 saturated heterocycles. The highest BCUT2D eigenvalue weighted by molar-refractivity contribution is 5.18. The molecule has 0 fully saturated rings. The highest BCUT2D eigenvalue weighted by atomic mass is 16.3. The number of aliphatic hydroxyl groups excluding tert-OH is 1. The maximum absolute atomic E-state index is 8.85. The minimum Gasteiger partial charge on any atom is -0.508 e. The van der Waals surface area contributed by atoms with E-state index in [0.29, 0.717) is 5.75 Å². The number of unbranched alkanes of at least 4 members (excludes halogenated alkanes) is 3. The Balaban J connectivity index is 0.000000288. The van der Waals surface area contributed by atoms with Gasteiger partial charge in [-0.25, -0.2) is 0 Å². The van der Waals surface area contributed by atoms with Gasteiger partial charge in [0.2, 0.25) is 0 Å². The fourth-order valence-electron chi connectivity index (χ4n) is 1.29. The third-order valence-electron chi connectivity index (χ3n) is 2.23. The number of phenolic OH excluding ortho intramolecular Hbond substituents is 1. The molecule has 0 aliphatic rings. The van der Waals surface area contributed by atoms with Gasteiger partial charge < -0.3 is 10.2 Å². The van der Waals surface area contributed by atoms with Gasteiger partial charge in [-0.3, -0.25) is 0 Å². The van der Waals surface area contributed by atoms with Crippen LogP contribution in [0.4, 0.5) is 0 Å². The summed E-state index contributed by atoms with van der Waals surface area (Å²) in [6.45, 7) is 4.05. The van der Waals surface area contributed by atoms with Crippen LogP contribution in [0.1, 0.15) is 46.0 Å². The first-order valence-corrected chi connectivity index (χ1v) is 6.09. The summed E-state index contributed by atoms with van der Waals surface area (Å²) >= 11 is 0. The quantitative estimate of drug-likeness (QED) is 0.748. The lowest BCUT2D eigenvalue weighted by Gasteiger charge is -2.01. The van der Waals surface area contributed by atoms with E-state index in [1.165, 1.54) is 25.7 Å². The van der Waals surface area contributed by atoms with Gasteiger partial charge in [0.15, 0.2) is 0 Å². The molecule has 0 aromatic heterocycles. The molecule has 16 heavy (non-hydrogen) atoms. The van der Waals surface area contributed by atoms with E-state index in [-0.39, 0.29) is 6.10 Å². The molecule has 0 aliphatic heterocycles. The Labute approximate surface area is 98.9 Å². The largest absolute Gasteiger partial charge is 0.508 e. The monoisotopic (exact) mass is 224 g/mol. The van der Waals surface area contributed by atoms with Gasteiger partial charge in [-0.2, -0.15) is 0 Å². The van der Waals surface area contributed by atoms with Crippen LogP contribution in [0, 0.1) is 0 Å². The van der Waals surface area contributed by atoms with Crippen molar-refractivity contribution in [2.75, 3.05) is 0 Å². The Morgan fingerprint density at radius 1 is 1.06 bits per heavy atom. The van der Waals surface area contributed by atoms with Crippen molar-refractivity contribution in [3.63, 3.8) is 0 Å². The molecule has 1 atom stereocenters. The fourth-order valence-corrected chi connectivity index (χ4v) is 1.29. The number of rotatable bonds is 5. The summed E-state index contributed by atoms with van der Waals surface area (Å²) in [5, 5.41) is 17.5. The summed E-state index contributed by atoms with van der Waals surface area (Å²) in [4.78, 5) is 0. The molecule has 0 aliphatic carbocycles. The van der Waals surface area contributed by atoms with Gasteiger partial charge in [-0.1, -0.05) is 50.8 Å². The zero-order valence-electron chi connectivity index (χ0n) is 10.4. The molecule has 1 aromatic rings. The molecule has 1 unspecified atom stereocenters. The normalized spacial score (nSPS) is 11.4. The number of aromatic hydroxyl groups is 1. The molecule has 0 heterocycles. The van der Waals surface area contributed by atoms with Crippen molar-refractivity contribution < 1.29 is 10.2 Å². The van der Waals surface area contributed by atoms with Gasteiger partial charge in [-0.15, -0.1) is 0 Å². The van der Waals surface area contributed by atoms with E-state index in [1.807, 2.05) is 13.0 Å². The van der Waals surface area contributed by atoms with Gasteiger partial charge in [0.1, 0.15) is 5.75 Å². The lowest BCUT2D eigenvalue weighted by Crippen LogP contribution is -1.97. The molecular formula is C14H24O2. The van der Waals surface area contributed by atoms with Crippen molar-refractivity contribution in [3.05, 3.63) is 30.3 Å². The molecular weight excluding hydrogens is 200 g/mol. The molecule has 2 nitrogen and oxygen atoms in total. The SMILES string of the molecule is CCCCCCC(C)O.Oc1ccccc1. The average molecular weight is 224 g/mol. The van der Waals surface area contributed by atoms with Gasteiger partial charge in [-0.05, 0) is 25.5 Å². The molecule has 2 heteroatoms. The lowest BCUT2D eigenvalue weighted by atomic mass is 10.1. The number of para-hydroxylation sites is 1. The van der Waals surface area contributed by atoms with Gasteiger partial charge in [0, 0.05) is 0 Å². The van der Waals surface area contributed by atoms with Crippen LogP contribution in [0.25, 0.3) is 0 Å². The minimum absolute atomic E-state index is 0.0955. The zero-order valence-corrected chi connectivity index (χ0v) is 10.4. The summed E-state index contributed by atoms with van der Waals surface area (Å²) in [5.41, 5.74) is 0. The van der Waals surface area contributed by atoms with Crippen LogP contribution < -0.4 is 0 Å². The lowest BCUT2D eigenvalue weighted by molar-refractivity contribution is 0.180. The van der Waals surface area contributed by atoms with Crippen LogP contribution in [-0.2, 0) is 0 Å². The molecule has 1 rings (SSSR count). The maximum atomic E-state index is 8.85. The summed E-state index contributed by atoms with van der Waals surface area (Å²) in [7, 11) is 0. The van der Waals surface area contributed by atoms with Crippen molar-refractivity contribution in [2.45, 2.75) is 52.1 Å². The molecule has 0 bridgehead atoms. The molecule has 0 saturated carbocycles. The Hall–Kier alpha value is -1.02. The second kappa shape index (κ2) is 10.5. The van der Waals surface area contributed by atoms with E-state index in [2.05, 4.69) is 6.92 Å². The fraction of sp³-hybridized carbons (Fsp3) is 0.571. The van der Waals surface area contributed by atoms with Gasteiger partial charge in [0.25, 0.3) is 0 Å². The average Bonchev–Trinajstić information content (AvgIpc) is 2.26. The van der Waals surface area contributed by atoms with E-state index < -0.39 is 0 Å². The molecule has 0 spiro atoms. The number of hydrogen-bond acceptors (Lipinski definition) is 2. The Kier molecular flexibility index (Phi) is 9.83. The van der Waals surface area contributed by atoms with Crippen molar-refractivity contribution in [1.82, 2.24) is 0 Å². The minimum atomic E-state index is -0.0955. The topological polar surface area (TPSA) is 40.5 Å². The van der Waals surface area contributed by atoms with Crippen molar-refractivity contribution in [2.24, 2.45) is 0 Å². The first-order chi connectivity index (χ1) is 7.66. The molecule has 0 radical (unpaired) electrons. The van der Waals surface area contributed by atoms with E-state index >= 15 is 0 Å². The molecule has 92 valence electrons. The van der Waals surface area contributed by atoms with Crippen LogP contribution >= 0.6 is 0 Å². The van der Waals surface area contributed by atoms with E-state index in [0.717, 1.165) is 6.42 Å². The van der Waals surface area contributed by atoms with Crippen LogP contribution in [-0.4, -0.2) is 16.3 Å². The Morgan fingerprint density at radius 3 is 2.06 bits per heavy atom. The van der Waals surface area contributed by atoms with Crippen LogP contribution in [0.3, 0.4) is 0 Å². The zero-order chi connectivity index (χ0) is 12.2. The van der Waals surface area contributed by atoms with Crippen molar-refractivity contribution >= 4 is 0 Å². The number of aliphatic hydroxyl groups is 1. The predicted molar refractivity (Wildman–Crippen MR) is 68.5 cm³/mol. The second-order valence-corrected chi connectivity index (χ2v) is 4.03. The van der Waals surface area contributed by atoms with Crippen molar-refractivity contribution in [1.29, 1.82) is 0 Å². The van der Waals surface area contributed by atoms with Crippen LogP contribution in [0.2, 0.25) is 0 Å². The standard InChI is InChI=1S/C8H18O.C6H6O/c1-3-4-5-6-7-8(2)9;7-6-4-2-1-3-5-6/h8-9H,3-7H2,1-2H3;1-5,7H. The highest BCUT2D eigenvalue weighted by Crippen LogP contribution is 2.04. The third kappa shape index (κ3) is 11.1. The number of phenols is 1. The van der Waals surface area contributed by atoms with Crippen LogP contribution in [0.15, 0.2) is 30.3 Å². The predicted octanol–water partition coefficient (Wildman–Crippen LogP) is 3.73. The maximum Gasteiger partial charge on any atom is 0.115 e. The summed E-state index contributed by atoms with van der Waals surface area (Å²) in [6, 6.07) is 8.71. The van der Waals surface area contributed by atoms with Crippen molar-refractivity contribution in [3.8, 4) is 5.75 Å². The Morgan fingerprint density at radius 2 is 1.69 bits per heavy atom. The summed E-state index contributed by atoms with van der Waals surface area (Å²) < 4.78 is 0. The van der Waals surface area contributed by atoms with Crippen LogP contribution in [0.5, 0.6) is 5.75 Å². The first kappa shape index (κ1) is 15.0. The summed E-state index contributed by atoms with van der Waals surface area (Å²) in [6.07, 6.45) is 5.93. The smallest absolute Gasteiger partial charge is 0.115 e. The summed E-state index contributed by atoms with van der Waals surface area (Å²) in [5.74, 6) is 0.322. The third-order valence-corrected chi connectivity index (χ3v) is 2.23. The molecule has 1 aromatic carbocycles. The van der Waals surface area contributed by atoms with E-state index in [4.69, 9.17) is 10.2 Å². The molecule has 2 N–H and O–H groups in total. The number of benzene rings is 1. The van der Waals surface area contributed by atoms with Gasteiger partial charge in [0.05, 0.1) is 6.10 Å². The molecule has 0 amide bonds. The van der Waals surface area contributed by atoms with E-state index in [9.17, 15) is 0 Å². The highest BCUT2D eigenvalue weighted by Gasteiger charge is 1.93.